The standard InChI is InChI=1S/C21H16F3N3O2/c22-21(23,24)29-17-6-4-14(5-7-17)16-3-2-15-8-11-27(20(28)18(15)12-16)13-19-25-9-1-10-26-19/h1-7,9-10,12H,8,11,13H2. The molecule has 1 aliphatic rings. The van der Waals surface area contributed by atoms with Crippen LogP contribution < -0.4 is 4.74 Å². The van der Waals surface area contributed by atoms with E-state index in [9.17, 15) is 18.0 Å². The Morgan fingerprint density at radius 3 is 2.38 bits per heavy atom. The lowest BCUT2D eigenvalue weighted by molar-refractivity contribution is -0.274. The third kappa shape index (κ3) is 4.37. The molecule has 29 heavy (non-hydrogen) atoms. The molecule has 0 saturated carbocycles. The van der Waals surface area contributed by atoms with Gasteiger partial charge in [0.15, 0.2) is 0 Å². The number of hydrogen-bond acceptors (Lipinski definition) is 4. The largest absolute Gasteiger partial charge is 0.573 e. The molecule has 1 aliphatic heterocycles. The van der Waals surface area contributed by atoms with Gasteiger partial charge in [-0.3, -0.25) is 4.79 Å². The molecule has 0 saturated heterocycles. The van der Waals surface area contributed by atoms with Gasteiger partial charge < -0.3 is 9.64 Å². The summed E-state index contributed by atoms with van der Waals surface area (Å²) >= 11 is 0. The summed E-state index contributed by atoms with van der Waals surface area (Å²) in [5, 5.41) is 0. The van der Waals surface area contributed by atoms with Crippen LogP contribution in [0.25, 0.3) is 11.1 Å². The Bertz CT molecular complexity index is 1020. The molecule has 0 aliphatic carbocycles. The van der Waals surface area contributed by atoms with Crippen LogP contribution in [0.1, 0.15) is 21.7 Å². The van der Waals surface area contributed by atoms with Crippen LogP contribution >= 0.6 is 0 Å². The minimum Gasteiger partial charge on any atom is -0.406 e. The molecule has 0 atom stereocenters. The van der Waals surface area contributed by atoms with Gasteiger partial charge in [-0.05, 0) is 47.4 Å². The lowest BCUT2D eigenvalue weighted by Crippen LogP contribution is -2.37. The Balaban J connectivity index is 1.56. The summed E-state index contributed by atoms with van der Waals surface area (Å²) in [7, 11) is 0. The number of fused-ring (bicyclic) bond motifs is 1. The molecule has 0 N–H and O–H groups in total. The maximum atomic E-state index is 12.9. The van der Waals surface area contributed by atoms with Crippen molar-refractivity contribution in [3.63, 3.8) is 0 Å². The van der Waals surface area contributed by atoms with Gasteiger partial charge in [-0.1, -0.05) is 24.3 Å². The molecule has 2 heterocycles. The minimum absolute atomic E-state index is 0.113. The van der Waals surface area contributed by atoms with Crippen molar-refractivity contribution in [1.82, 2.24) is 14.9 Å². The molecule has 0 spiro atoms. The normalized spacial score (nSPS) is 13.9. The number of ether oxygens (including phenoxy) is 1. The predicted octanol–water partition coefficient (Wildman–Crippen LogP) is 4.24. The van der Waals surface area contributed by atoms with E-state index < -0.39 is 6.36 Å². The second-order valence-electron chi connectivity index (χ2n) is 6.59. The van der Waals surface area contributed by atoms with Gasteiger partial charge in [-0.25, -0.2) is 9.97 Å². The maximum absolute atomic E-state index is 12.9. The molecule has 5 nitrogen and oxygen atoms in total. The minimum atomic E-state index is -4.73. The molecule has 0 unspecified atom stereocenters. The number of benzene rings is 2. The molecule has 148 valence electrons. The Labute approximate surface area is 164 Å². The molecule has 8 heteroatoms. The van der Waals surface area contributed by atoms with Gasteiger partial charge in [0.25, 0.3) is 5.91 Å². The first-order valence-electron chi connectivity index (χ1n) is 8.93. The van der Waals surface area contributed by atoms with E-state index in [0.29, 0.717) is 36.5 Å². The first kappa shape index (κ1) is 18.9. The van der Waals surface area contributed by atoms with Crippen molar-refractivity contribution < 1.29 is 22.7 Å². The van der Waals surface area contributed by atoms with E-state index in [1.54, 1.807) is 29.4 Å². The van der Waals surface area contributed by atoms with E-state index in [-0.39, 0.29) is 11.7 Å². The average molecular weight is 399 g/mol. The van der Waals surface area contributed by atoms with Crippen LogP contribution in [-0.4, -0.2) is 33.7 Å². The van der Waals surface area contributed by atoms with Gasteiger partial charge in [0.2, 0.25) is 0 Å². The van der Waals surface area contributed by atoms with Crippen LogP contribution in [0.2, 0.25) is 0 Å². The predicted molar refractivity (Wildman–Crippen MR) is 99.0 cm³/mol. The number of rotatable bonds is 4. The van der Waals surface area contributed by atoms with E-state index in [0.717, 1.165) is 11.1 Å². The summed E-state index contributed by atoms with van der Waals surface area (Å²) in [6.45, 7) is 0.903. The van der Waals surface area contributed by atoms with E-state index in [1.807, 2.05) is 12.1 Å². The summed E-state index contributed by atoms with van der Waals surface area (Å²) in [6, 6.07) is 12.8. The topological polar surface area (TPSA) is 55.3 Å². The first-order chi connectivity index (χ1) is 13.9. The molecular formula is C21H16F3N3O2. The zero-order valence-electron chi connectivity index (χ0n) is 15.2. The smallest absolute Gasteiger partial charge is 0.406 e. The number of amides is 1. The summed E-state index contributed by atoms with van der Waals surface area (Å²) in [5.41, 5.74) is 2.97. The monoisotopic (exact) mass is 399 g/mol. The molecule has 2 aromatic carbocycles. The van der Waals surface area contributed by atoms with Gasteiger partial charge in [-0.2, -0.15) is 0 Å². The Kier molecular flexibility index (Phi) is 4.92. The van der Waals surface area contributed by atoms with Crippen LogP contribution in [0.15, 0.2) is 60.9 Å². The SMILES string of the molecule is O=C1c2cc(-c3ccc(OC(F)(F)F)cc3)ccc2CCN1Cc1ncccn1. The fourth-order valence-electron chi connectivity index (χ4n) is 3.28. The van der Waals surface area contributed by atoms with Gasteiger partial charge in [-0.15, -0.1) is 13.2 Å². The van der Waals surface area contributed by atoms with E-state index in [2.05, 4.69) is 14.7 Å². The van der Waals surface area contributed by atoms with Crippen molar-refractivity contribution in [2.24, 2.45) is 0 Å². The number of nitrogens with zero attached hydrogens (tertiary/aromatic N) is 3. The quantitative estimate of drug-likeness (QED) is 0.659. The van der Waals surface area contributed by atoms with Crippen molar-refractivity contribution in [3.05, 3.63) is 77.9 Å². The van der Waals surface area contributed by atoms with Crippen LogP contribution in [-0.2, 0) is 13.0 Å². The van der Waals surface area contributed by atoms with Gasteiger partial charge in [0.1, 0.15) is 11.6 Å². The molecule has 0 radical (unpaired) electrons. The number of aromatic nitrogens is 2. The van der Waals surface area contributed by atoms with Crippen LogP contribution in [0, 0.1) is 0 Å². The highest BCUT2D eigenvalue weighted by molar-refractivity contribution is 5.98. The van der Waals surface area contributed by atoms with Gasteiger partial charge in [0, 0.05) is 24.5 Å². The summed E-state index contributed by atoms with van der Waals surface area (Å²) in [5.74, 6) is 0.169. The molecule has 1 amide bonds. The highest BCUT2D eigenvalue weighted by atomic mass is 19.4. The highest BCUT2D eigenvalue weighted by Gasteiger charge is 2.31. The third-order valence-corrected chi connectivity index (χ3v) is 4.65. The lowest BCUT2D eigenvalue weighted by atomic mass is 9.94. The second-order valence-corrected chi connectivity index (χ2v) is 6.59. The number of carbonyl (C=O) groups is 1. The number of halogens is 3. The fraction of sp³-hybridized carbons (Fsp3) is 0.190. The van der Waals surface area contributed by atoms with Crippen molar-refractivity contribution in [2.75, 3.05) is 6.54 Å². The van der Waals surface area contributed by atoms with Gasteiger partial charge in [0.05, 0.1) is 6.54 Å². The molecule has 1 aromatic heterocycles. The van der Waals surface area contributed by atoms with Gasteiger partial charge >= 0.3 is 6.36 Å². The summed E-state index contributed by atoms with van der Waals surface area (Å²) in [4.78, 5) is 23.0. The second kappa shape index (κ2) is 7.54. The van der Waals surface area contributed by atoms with Crippen LogP contribution in [0.5, 0.6) is 5.75 Å². The zero-order valence-corrected chi connectivity index (χ0v) is 15.2. The molecule has 3 aromatic rings. The van der Waals surface area contributed by atoms with E-state index in [1.165, 1.54) is 24.3 Å². The maximum Gasteiger partial charge on any atom is 0.573 e. The number of hydrogen-bond donors (Lipinski definition) is 0. The van der Waals surface area contributed by atoms with E-state index in [4.69, 9.17) is 0 Å². The highest BCUT2D eigenvalue weighted by Crippen LogP contribution is 2.29. The molecule has 4 rings (SSSR count). The fourth-order valence-corrected chi connectivity index (χ4v) is 3.28. The summed E-state index contributed by atoms with van der Waals surface area (Å²) in [6.07, 6.45) is -0.748. The molecule has 0 fully saturated rings. The zero-order chi connectivity index (χ0) is 20.4. The van der Waals surface area contributed by atoms with E-state index >= 15 is 0 Å². The molecular weight excluding hydrogens is 383 g/mol. The van der Waals surface area contributed by atoms with Crippen molar-refractivity contribution in [1.29, 1.82) is 0 Å². The Morgan fingerprint density at radius 2 is 1.69 bits per heavy atom. The van der Waals surface area contributed by atoms with Crippen LogP contribution in [0.3, 0.4) is 0 Å². The Morgan fingerprint density at radius 1 is 1.00 bits per heavy atom. The molecule has 0 bridgehead atoms. The summed E-state index contributed by atoms with van der Waals surface area (Å²) < 4.78 is 40.8. The van der Waals surface area contributed by atoms with Crippen molar-refractivity contribution in [2.45, 2.75) is 19.3 Å². The Hall–Kier alpha value is -3.42. The number of carbonyl (C=O) groups excluding carboxylic acids is 1. The van der Waals surface area contributed by atoms with Crippen molar-refractivity contribution in [3.8, 4) is 16.9 Å². The van der Waals surface area contributed by atoms with Crippen LogP contribution in [0.4, 0.5) is 13.2 Å². The first-order valence-corrected chi connectivity index (χ1v) is 8.93. The average Bonchev–Trinajstić information content (AvgIpc) is 2.70. The lowest BCUT2D eigenvalue weighted by Gasteiger charge is -2.28. The number of alkyl halides is 3. The van der Waals surface area contributed by atoms with Crippen molar-refractivity contribution >= 4 is 5.91 Å². The third-order valence-electron chi connectivity index (χ3n) is 4.65.